The van der Waals surface area contributed by atoms with Crippen LogP contribution >= 0.6 is 12.6 Å². The van der Waals surface area contributed by atoms with E-state index in [4.69, 9.17) is 5.73 Å². The Bertz CT molecular complexity index is 1090. The summed E-state index contributed by atoms with van der Waals surface area (Å²) in [5.41, 5.74) is 8.05. The number of H-pyrrole nitrogens is 1. The van der Waals surface area contributed by atoms with Gasteiger partial charge in [-0.1, -0.05) is 32.0 Å². The van der Waals surface area contributed by atoms with E-state index in [1.807, 2.05) is 30.5 Å². The summed E-state index contributed by atoms with van der Waals surface area (Å²) in [4.78, 5) is 54.9. The number of nitrogens with two attached hydrogens (primary N) is 1. The van der Waals surface area contributed by atoms with Crippen molar-refractivity contribution in [2.24, 2.45) is 11.7 Å². The van der Waals surface area contributed by atoms with Crippen molar-refractivity contribution >= 4 is 47.2 Å². The number of benzene rings is 1. The standard InChI is InChI=1S/C24H33N5O5S/c1-13(2)20(23(32)29-9-5-8-19(29)22(31)27-18(12-35)24(33)34)28-21(30)16(25)10-14-11-26-17-7-4-3-6-15(14)17/h3-4,6-7,11,13,16,18-20,26,35H,5,8-10,12,25H2,1-2H3,(H,27,31)(H,28,30)(H,33,34). The van der Waals surface area contributed by atoms with Crippen LogP contribution in [0.5, 0.6) is 0 Å². The predicted molar refractivity (Wildman–Crippen MR) is 135 cm³/mol. The van der Waals surface area contributed by atoms with E-state index < -0.39 is 42.0 Å². The minimum absolute atomic E-state index is 0.0687. The molecule has 4 unspecified atom stereocenters. The smallest absolute Gasteiger partial charge is 0.327 e. The number of hydrogen-bond donors (Lipinski definition) is 6. The molecule has 2 aromatic rings. The van der Waals surface area contributed by atoms with E-state index >= 15 is 0 Å². The molecule has 0 radical (unpaired) electrons. The predicted octanol–water partition coefficient (Wildman–Crippen LogP) is 0.669. The Balaban J connectivity index is 1.67. The SMILES string of the molecule is CC(C)C(NC(=O)C(N)Cc1c[nH]c2ccccc12)C(=O)N1CCCC1C(=O)NC(CS)C(=O)O. The highest BCUT2D eigenvalue weighted by atomic mass is 32.1. The van der Waals surface area contributed by atoms with Crippen molar-refractivity contribution in [2.45, 2.75) is 57.3 Å². The molecule has 1 aliphatic rings. The first-order valence-corrected chi connectivity index (χ1v) is 12.3. The maximum Gasteiger partial charge on any atom is 0.327 e. The first-order valence-electron chi connectivity index (χ1n) is 11.7. The highest BCUT2D eigenvalue weighted by Crippen LogP contribution is 2.22. The number of aromatic amines is 1. The number of thiol groups is 1. The van der Waals surface area contributed by atoms with Crippen LogP contribution in [0.3, 0.4) is 0 Å². The van der Waals surface area contributed by atoms with Crippen molar-refractivity contribution in [3.63, 3.8) is 0 Å². The second kappa shape index (κ2) is 11.6. The molecule has 4 atom stereocenters. The van der Waals surface area contributed by atoms with Gasteiger partial charge in [0, 0.05) is 29.4 Å². The Morgan fingerprint density at radius 1 is 1.23 bits per heavy atom. The fourth-order valence-electron chi connectivity index (χ4n) is 4.34. The molecule has 6 N–H and O–H groups in total. The fourth-order valence-corrected chi connectivity index (χ4v) is 4.59. The van der Waals surface area contributed by atoms with E-state index in [1.165, 1.54) is 4.90 Å². The van der Waals surface area contributed by atoms with Gasteiger partial charge in [0.25, 0.3) is 0 Å². The van der Waals surface area contributed by atoms with Gasteiger partial charge in [0.05, 0.1) is 6.04 Å². The van der Waals surface area contributed by atoms with Gasteiger partial charge >= 0.3 is 5.97 Å². The summed E-state index contributed by atoms with van der Waals surface area (Å²) in [5, 5.41) is 15.4. The summed E-state index contributed by atoms with van der Waals surface area (Å²) < 4.78 is 0. The van der Waals surface area contributed by atoms with Crippen molar-refractivity contribution in [1.29, 1.82) is 0 Å². The average molecular weight is 504 g/mol. The molecule has 0 aliphatic carbocycles. The molecule has 2 heterocycles. The molecule has 0 spiro atoms. The number of hydrogen-bond acceptors (Lipinski definition) is 6. The third-order valence-corrected chi connectivity index (χ3v) is 6.68. The number of carbonyl (C=O) groups is 4. The van der Waals surface area contributed by atoms with Gasteiger partial charge in [-0.3, -0.25) is 14.4 Å². The van der Waals surface area contributed by atoms with E-state index in [0.29, 0.717) is 25.8 Å². The van der Waals surface area contributed by atoms with Crippen LogP contribution in [0.2, 0.25) is 0 Å². The summed E-state index contributed by atoms with van der Waals surface area (Å²) in [6.45, 7) is 3.96. The van der Waals surface area contributed by atoms with Crippen LogP contribution in [0.4, 0.5) is 0 Å². The van der Waals surface area contributed by atoms with Gasteiger partial charge in [-0.15, -0.1) is 0 Å². The lowest BCUT2D eigenvalue weighted by Gasteiger charge is -2.31. The number of fused-ring (bicyclic) bond motifs is 1. The molecule has 1 aliphatic heterocycles. The third kappa shape index (κ3) is 6.15. The zero-order chi connectivity index (χ0) is 25.7. The molecule has 3 rings (SSSR count). The quantitative estimate of drug-likeness (QED) is 0.262. The van der Waals surface area contributed by atoms with E-state index in [0.717, 1.165) is 16.5 Å². The first-order chi connectivity index (χ1) is 16.6. The van der Waals surface area contributed by atoms with Gasteiger partial charge in [0.2, 0.25) is 17.7 Å². The van der Waals surface area contributed by atoms with Gasteiger partial charge in [0.1, 0.15) is 18.1 Å². The molecule has 1 aromatic heterocycles. The fraction of sp³-hybridized carbons (Fsp3) is 0.500. The number of amides is 3. The van der Waals surface area contributed by atoms with Crippen LogP contribution < -0.4 is 16.4 Å². The number of carboxylic acid groups (broad SMARTS) is 1. The van der Waals surface area contributed by atoms with Gasteiger partial charge in [-0.25, -0.2) is 4.79 Å². The van der Waals surface area contributed by atoms with Crippen molar-refractivity contribution in [3.05, 3.63) is 36.0 Å². The number of rotatable bonds is 10. The molecule has 190 valence electrons. The van der Waals surface area contributed by atoms with Crippen molar-refractivity contribution in [3.8, 4) is 0 Å². The lowest BCUT2D eigenvalue weighted by molar-refractivity contribution is -0.145. The Morgan fingerprint density at radius 2 is 1.94 bits per heavy atom. The van der Waals surface area contributed by atoms with Crippen LogP contribution in [0.1, 0.15) is 32.3 Å². The van der Waals surface area contributed by atoms with Crippen molar-refractivity contribution < 1.29 is 24.3 Å². The largest absolute Gasteiger partial charge is 0.480 e. The molecule has 0 bridgehead atoms. The third-order valence-electron chi connectivity index (χ3n) is 6.32. The maximum absolute atomic E-state index is 13.4. The number of carboxylic acids is 1. The highest BCUT2D eigenvalue weighted by molar-refractivity contribution is 7.80. The molecule has 0 saturated carbocycles. The topological polar surface area (TPSA) is 158 Å². The Morgan fingerprint density at radius 3 is 2.60 bits per heavy atom. The van der Waals surface area contributed by atoms with E-state index in [-0.39, 0.29) is 17.6 Å². The number of nitrogens with one attached hydrogen (secondary N) is 3. The first kappa shape index (κ1) is 26.6. The van der Waals surface area contributed by atoms with E-state index in [2.05, 4.69) is 28.2 Å². The summed E-state index contributed by atoms with van der Waals surface area (Å²) in [6, 6.07) is 4.03. The zero-order valence-electron chi connectivity index (χ0n) is 19.9. The van der Waals surface area contributed by atoms with E-state index in [9.17, 15) is 24.3 Å². The van der Waals surface area contributed by atoms with Crippen LogP contribution in [0, 0.1) is 5.92 Å². The summed E-state index contributed by atoms with van der Waals surface area (Å²) in [5.74, 6) is -2.89. The van der Waals surface area contributed by atoms with Gasteiger partial charge in [-0.2, -0.15) is 12.6 Å². The normalized spacial score (nSPS) is 18.3. The van der Waals surface area contributed by atoms with Gasteiger partial charge < -0.3 is 31.4 Å². The summed E-state index contributed by atoms with van der Waals surface area (Å²) >= 11 is 3.97. The number of carbonyl (C=O) groups excluding carboxylic acids is 3. The Kier molecular flexibility index (Phi) is 8.79. The lowest BCUT2D eigenvalue weighted by Crippen LogP contribution is -2.58. The second-order valence-electron chi connectivity index (χ2n) is 9.17. The number of para-hydroxylation sites is 1. The second-order valence-corrected chi connectivity index (χ2v) is 9.54. The number of aromatic nitrogens is 1. The molecular formula is C24H33N5O5S. The van der Waals surface area contributed by atoms with Crippen LogP contribution in [-0.4, -0.2) is 75.1 Å². The molecule has 3 amide bonds. The summed E-state index contributed by atoms with van der Waals surface area (Å²) in [7, 11) is 0. The van der Waals surface area contributed by atoms with Gasteiger partial charge in [0.15, 0.2) is 0 Å². The molecular weight excluding hydrogens is 470 g/mol. The van der Waals surface area contributed by atoms with Gasteiger partial charge in [-0.05, 0) is 36.8 Å². The minimum Gasteiger partial charge on any atom is -0.480 e. The molecule has 35 heavy (non-hydrogen) atoms. The molecule has 1 saturated heterocycles. The average Bonchev–Trinajstić information content (AvgIpc) is 3.47. The van der Waals surface area contributed by atoms with Crippen LogP contribution in [0.15, 0.2) is 30.5 Å². The van der Waals surface area contributed by atoms with Crippen molar-refractivity contribution in [1.82, 2.24) is 20.5 Å². The number of likely N-dealkylation sites (tertiary alicyclic amines) is 1. The van der Waals surface area contributed by atoms with Crippen LogP contribution in [0.25, 0.3) is 10.9 Å². The Hall–Kier alpha value is -3.05. The molecule has 10 nitrogen and oxygen atoms in total. The van der Waals surface area contributed by atoms with Crippen molar-refractivity contribution in [2.75, 3.05) is 12.3 Å². The Labute approximate surface area is 209 Å². The molecule has 11 heteroatoms. The highest BCUT2D eigenvalue weighted by Gasteiger charge is 2.39. The molecule has 1 fully saturated rings. The lowest BCUT2D eigenvalue weighted by atomic mass is 10.00. The van der Waals surface area contributed by atoms with E-state index in [1.54, 1.807) is 13.8 Å². The monoisotopic (exact) mass is 503 g/mol. The maximum atomic E-state index is 13.4. The zero-order valence-corrected chi connectivity index (χ0v) is 20.8. The number of nitrogens with zero attached hydrogens (tertiary/aromatic N) is 1. The molecule has 1 aromatic carbocycles. The number of aliphatic carboxylic acids is 1. The van der Waals surface area contributed by atoms with Crippen LogP contribution in [-0.2, 0) is 25.6 Å². The summed E-state index contributed by atoms with van der Waals surface area (Å²) in [6.07, 6.45) is 3.13. The minimum atomic E-state index is -1.19.